The van der Waals surface area contributed by atoms with Crippen molar-refractivity contribution < 1.29 is 0 Å². The first-order valence-corrected chi connectivity index (χ1v) is 6.24. The highest BCUT2D eigenvalue weighted by Crippen LogP contribution is 2.13. The molecule has 7 heteroatoms. The van der Waals surface area contributed by atoms with Crippen molar-refractivity contribution in [3.05, 3.63) is 63.1 Å². The number of halogens is 2. The van der Waals surface area contributed by atoms with E-state index >= 15 is 0 Å². The van der Waals surface area contributed by atoms with Crippen LogP contribution in [0.4, 0.5) is 0 Å². The predicted molar refractivity (Wildman–Crippen MR) is 72.8 cm³/mol. The minimum absolute atomic E-state index is 0.0120. The van der Waals surface area contributed by atoms with E-state index < -0.39 is 0 Å². The fourth-order valence-electron chi connectivity index (χ4n) is 1.79. The molecule has 3 heterocycles. The molecule has 0 radical (unpaired) electrons. The molecule has 0 spiro atoms. The van der Waals surface area contributed by atoms with E-state index in [9.17, 15) is 4.79 Å². The van der Waals surface area contributed by atoms with Crippen molar-refractivity contribution in [1.29, 1.82) is 0 Å². The lowest BCUT2D eigenvalue weighted by Gasteiger charge is -2.03. The maximum Gasteiger partial charge on any atom is 0.274 e. The number of hydrogen-bond acceptors (Lipinski definition) is 3. The number of rotatable bonds is 2. The van der Waals surface area contributed by atoms with Gasteiger partial charge in [-0.2, -0.15) is 0 Å². The number of nitrogens with zero attached hydrogens (tertiary/aromatic N) is 4. The molecule has 0 atom stereocenters. The fraction of sp³-hybridized carbons (Fsp3) is 0.0833. The zero-order chi connectivity index (χ0) is 13.4. The summed E-state index contributed by atoms with van der Waals surface area (Å²) in [4.78, 5) is 20.1. The molecule has 0 saturated carbocycles. The van der Waals surface area contributed by atoms with Crippen molar-refractivity contribution in [1.82, 2.24) is 18.9 Å². The highest BCUT2D eigenvalue weighted by atomic mass is 35.5. The number of aromatic nitrogens is 4. The maximum absolute atomic E-state index is 11.9. The van der Waals surface area contributed by atoms with Gasteiger partial charge in [0.05, 0.1) is 18.6 Å². The Kier molecular flexibility index (Phi) is 3.00. The van der Waals surface area contributed by atoms with Gasteiger partial charge < -0.3 is 4.40 Å². The molecule has 19 heavy (non-hydrogen) atoms. The Morgan fingerprint density at radius 2 is 2.11 bits per heavy atom. The van der Waals surface area contributed by atoms with E-state index in [1.807, 2.05) is 35.0 Å². The molecule has 0 N–H and O–H groups in total. The lowest BCUT2D eigenvalue weighted by Crippen LogP contribution is -2.21. The third-order valence-corrected chi connectivity index (χ3v) is 3.41. The first-order valence-electron chi connectivity index (χ1n) is 5.48. The summed E-state index contributed by atoms with van der Waals surface area (Å²) in [6.45, 7) is 0.296. The summed E-state index contributed by atoms with van der Waals surface area (Å²) in [5.41, 5.74) is 1.19. The molecule has 3 aromatic heterocycles. The molecule has 0 aliphatic carbocycles. The molecule has 0 bridgehead atoms. The van der Waals surface area contributed by atoms with Crippen LogP contribution in [0.1, 0.15) is 5.69 Å². The van der Waals surface area contributed by atoms with Crippen molar-refractivity contribution >= 4 is 28.8 Å². The minimum atomic E-state index is -0.376. The fourth-order valence-corrected chi connectivity index (χ4v) is 2.08. The van der Waals surface area contributed by atoms with Crippen molar-refractivity contribution in [2.75, 3.05) is 0 Å². The van der Waals surface area contributed by atoms with Crippen LogP contribution in [0.3, 0.4) is 0 Å². The second-order valence-electron chi connectivity index (χ2n) is 3.98. The third kappa shape index (κ3) is 2.22. The van der Waals surface area contributed by atoms with Crippen LogP contribution in [0.25, 0.3) is 5.65 Å². The average molecular weight is 295 g/mol. The zero-order valence-corrected chi connectivity index (χ0v) is 11.1. The third-order valence-electron chi connectivity index (χ3n) is 2.69. The Hall–Kier alpha value is -1.85. The van der Waals surface area contributed by atoms with Gasteiger partial charge in [-0.3, -0.25) is 9.36 Å². The quantitative estimate of drug-likeness (QED) is 0.681. The Morgan fingerprint density at radius 1 is 1.26 bits per heavy atom. The molecule has 3 aromatic rings. The van der Waals surface area contributed by atoms with Crippen LogP contribution in [-0.2, 0) is 6.54 Å². The second kappa shape index (κ2) is 4.68. The first kappa shape index (κ1) is 12.2. The van der Waals surface area contributed by atoms with Crippen LogP contribution in [0.15, 0.2) is 41.7 Å². The Morgan fingerprint density at radius 3 is 2.89 bits per heavy atom. The first-order chi connectivity index (χ1) is 9.15. The molecule has 0 aromatic carbocycles. The van der Waals surface area contributed by atoms with E-state index in [-0.39, 0.29) is 15.7 Å². The van der Waals surface area contributed by atoms with Gasteiger partial charge in [0.15, 0.2) is 5.15 Å². The minimum Gasteiger partial charge on any atom is -0.307 e. The summed E-state index contributed by atoms with van der Waals surface area (Å²) < 4.78 is 3.25. The Balaban J connectivity index is 2.01. The number of pyridine rings is 1. The molecule has 0 aliphatic rings. The van der Waals surface area contributed by atoms with Crippen LogP contribution >= 0.6 is 23.2 Å². The van der Waals surface area contributed by atoms with Gasteiger partial charge in [-0.1, -0.05) is 29.3 Å². The summed E-state index contributed by atoms with van der Waals surface area (Å²) in [6.07, 6.45) is 5.10. The van der Waals surface area contributed by atoms with E-state index in [1.54, 1.807) is 0 Å². The molecule has 0 saturated heterocycles. The molecule has 0 amide bonds. The zero-order valence-electron chi connectivity index (χ0n) is 9.62. The van der Waals surface area contributed by atoms with Gasteiger partial charge in [0, 0.05) is 12.4 Å². The monoisotopic (exact) mass is 294 g/mol. The molecule has 3 rings (SSSR count). The van der Waals surface area contributed by atoms with Crippen LogP contribution in [0, 0.1) is 0 Å². The van der Waals surface area contributed by atoms with Gasteiger partial charge in [-0.15, -0.1) is 0 Å². The predicted octanol–water partition coefficient (Wildman–Crippen LogP) is 2.25. The van der Waals surface area contributed by atoms with Gasteiger partial charge in [-0.05, 0) is 12.1 Å². The van der Waals surface area contributed by atoms with E-state index in [1.165, 1.54) is 10.9 Å². The Labute approximate surface area is 118 Å². The highest BCUT2D eigenvalue weighted by molar-refractivity contribution is 6.40. The van der Waals surface area contributed by atoms with Crippen molar-refractivity contribution in [3.63, 3.8) is 0 Å². The van der Waals surface area contributed by atoms with Crippen LogP contribution in [0.2, 0.25) is 10.2 Å². The highest BCUT2D eigenvalue weighted by Gasteiger charge is 2.09. The molecule has 5 nitrogen and oxygen atoms in total. The molecule has 0 fully saturated rings. The largest absolute Gasteiger partial charge is 0.307 e. The second-order valence-corrected chi connectivity index (χ2v) is 4.72. The van der Waals surface area contributed by atoms with Crippen LogP contribution < -0.4 is 5.56 Å². The molecule has 0 aliphatic heterocycles. The Bertz CT molecular complexity index is 776. The topological polar surface area (TPSA) is 52.2 Å². The molecule has 0 unspecified atom stereocenters. The summed E-state index contributed by atoms with van der Waals surface area (Å²) in [6, 6.07) is 5.70. The lowest BCUT2D eigenvalue weighted by molar-refractivity contribution is 0.723. The van der Waals surface area contributed by atoms with Gasteiger partial charge in [-0.25, -0.2) is 9.97 Å². The summed E-state index contributed by atoms with van der Waals surface area (Å²) >= 11 is 11.5. The van der Waals surface area contributed by atoms with Gasteiger partial charge >= 0.3 is 0 Å². The average Bonchev–Trinajstić information content (AvgIpc) is 2.82. The van der Waals surface area contributed by atoms with Crippen molar-refractivity contribution in [2.24, 2.45) is 0 Å². The van der Waals surface area contributed by atoms with E-state index in [2.05, 4.69) is 9.97 Å². The number of hydrogen-bond donors (Lipinski definition) is 0. The summed E-state index contributed by atoms with van der Waals surface area (Å²) in [7, 11) is 0. The van der Waals surface area contributed by atoms with Gasteiger partial charge in [0.25, 0.3) is 5.56 Å². The SMILES string of the molecule is O=c1c(Cl)c(Cl)ncn1Cc1cn2ccccc2n1. The molecule has 96 valence electrons. The van der Waals surface area contributed by atoms with Crippen LogP contribution in [0.5, 0.6) is 0 Å². The molecular weight excluding hydrogens is 287 g/mol. The van der Waals surface area contributed by atoms with Gasteiger partial charge in [0.1, 0.15) is 10.7 Å². The standard InChI is InChI=1S/C12H8Cl2N4O/c13-10-11(14)15-7-18(12(10)19)6-8-5-17-4-2-1-3-9(17)16-8/h1-5,7H,6H2. The number of imidazole rings is 1. The maximum atomic E-state index is 11.9. The van der Waals surface area contributed by atoms with Crippen molar-refractivity contribution in [2.45, 2.75) is 6.54 Å². The van der Waals surface area contributed by atoms with E-state index in [4.69, 9.17) is 23.2 Å². The van der Waals surface area contributed by atoms with Gasteiger partial charge in [0.2, 0.25) is 0 Å². The normalized spacial score (nSPS) is 11.1. The smallest absolute Gasteiger partial charge is 0.274 e. The van der Waals surface area contributed by atoms with E-state index in [0.717, 1.165) is 11.3 Å². The van der Waals surface area contributed by atoms with Crippen LogP contribution in [-0.4, -0.2) is 18.9 Å². The molecular formula is C12H8Cl2N4O. The van der Waals surface area contributed by atoms with Crippen molar-refractivity contribution in [3.8, 4) is 0 Å². The van der Waals surface area contributed by atoms with E-state index in [0.29, 0.717) is 6.54 Å². The summed E-state index contributed by atoms with van der Waals surface area (Å²) in [5, 5.41) is -0.0640. The number of fused-ring (bicyclic) bond motifs is 1. The summed E-state index contributed by atoms with van der Waals surface area (Å²) in [5.74, 6) is 0. The lowest BCUT2D eigenvalue weighted by atomic mass is 10.4.